The van der Waals surface area contributed by atoms with E-state index in [9.17, 15) is 4.39 Å². The lowest BCUT2D eigenvalue weighted by molar-refractivity contribution is 0.662. The normalized spacial score (nSPS) is 20.3. The van der Waals surface area contributed by atoms with E-state index >= 15 is 0 Å². The Kier molecular flexibility index (Phi) is 3.97. The van der Waals surface area contributed by atoms with Crippen LogP contribution in [-0.4, -0.2) is 11.5 Å². The third-order valence-electron chi connectivity index (χ3n) is 2.05. The predicted octanol–water partition coefficient (Wildman–Crippen LogP) is 2.47. The number of rotatable bonds is 2. The fourth-order valence-electron chi connectivity index (χ4n) is 1.10. The van der Waals surface area contributed by atoms with Crippen LogP contribution >= 0.6 is 0 Å². The smallest absolute Gasteiger partial charge is 0.120 e. The lowest BCUT2D eigenvalue weighted by atomic mass is 10.2. The maximum Gasteiger partial charge on any atom is 0.120 e. The van der Waals surface area contributed by atoms with Crippen LogP contribution < -0.4 is 5.73 Å². The van der Waals surface area contributed by atoms with Crippen LogP contribution in [0.1, 0.15) is 19.8 Å². The van der Waals surface area contributed by atoms with E-state index in [0.717, 1.165) is 5.71 Å². The molecule has 0 radical (unpaired) electrons. The van der Waals surface area contributed by atoms with Crippen LogP contribution in [0.4, 0.5) is 4.39 Å². The minimum atomic E-state index is -0.329. The van der Waals surface area contributed by atoms with Gasteiger partial charge in [0, 0.05) is 17.5 Å². The number of nitrogens with zero attached hydrogens (tertiary/aromatic N) is 1. The lowest BCUT2D eigenvalue weighted by Crippen LogP contribution is -2.12. The van der Waals surface area contributed by atoms with Crippen molar-refractivity contribution in [2.75, 3.05) is 0 Å². The van der Waals surface area contributed by atoms with Crippen molar-refractivity contribution in [3.63, 3.8) is 0 Å². The monoisotopic (exact) mass is 207 g/mol. The van der Waals surface area contributed by atoms with Crippen molar-refractivity contribution in [1.29, 1.82) is 5.41 Å². The second kappa shape index (κ2) is 5.24. The maximum atomic E-state index is 13.1. The average molecular weight is 207 g/mol. The van der Waals surface area contributed by atoms with Gasteiger partial charge in [-0.1, -0.05) is 6.92 Å². The van der Waals surface area contributed by atoms with E-state index in [1.807, 2.05) is 6.92 Å². The minimum Gasteiger partial charge on any atom is -0.384 e. The zero-order chi connectivity index (χ0) is 11.3. The van der Waals surface area contributed by atoms with Crippen LogP contribution in [0.2, 0.25) is 0 Å². The summed E-state index contributed by atoms with van der Waals surface area (Å²) in [6, 6.07) is 0. The molecule has 0 atom stereocenters. The van der Waals surface area contributed by atoms with Gasteiger partial charge in [-0.2, -0.15) is 0 Å². The van der Waals surface area contributed by atoms with Crippen LogP contribution in [0.15, 0.2) is 40.8 Å². The van der Waals surface area contributed by atoms with Crippen LogP contribution in [0.25, 0.3) is 0 Å². The van der Waals surface area contributed by atoms with Crippen molar-refractivity contribution in [3.05, 3.63) is 35.8 Å². The van der Waals surface area contributed by atoms with Crippen LogP contribution in [-0.2, 0) is 0 Å². The standard InChI is InChI=1S/C11H14FN3/c1-2-10-6-5-9(12)4-3-8(7-15-10)11(13)14/h4-7H,2-3H2,1H3,(H3,13,14)/b6-5?,8-7+,9-4?,15-10?. The van der Waals surface area contributed by atoms with Crippen molar-refractivity contribution in [3.8, 4) is 0 Å². The molecule has 0 aromatic heterocycles. The fraction of sp³-hybridized carbons (Fsp3) is 0.273. The molecular formula is C11H14FN3. The van der Waals surface area contributed by atoms with Gasteiger partial charge in [-0.15, -0.1) is 0 Å². The molecule has 0 fully saturated rings. The number of allylic oxidation sites excluding steroid dienone is 4. The average Bonchev–Trinajstić information content (AvgIpc) is 2.29. The number of hydrogen-bond acceptors (Lipinski definition) is 2. The van der Waals surface area contributed by atoms with E-state index in [1.165, 1.54) is 18.4 Å². The molecule has 1 rings (SSSR count). The zero-order valence-electron chi connectivity index (χ0n) is 8.63. The minimum absolute atomic E-state index is 0.0693. The second-order valence-corrected chi connectivity index (χ2v) is 3.17. The first-order valence-electron chi connectivity index (χ1n) is 4.77. The number of aliphatic imine (C=N–C) groups is 1. The molecule has 0 aromatic rings. The molecule has 0 amide bonds. The van der Waals surface area contributed by atoms with Crippen LogP contribution in [0.3, 0.4) is 0 Å². The summed E-state index contributed by atoms with van der Waals surface area (Å²) in [4.78, 5) is 4.15. The summed E-state index contributed by atoms with van der Waals surface area (Å²) in [7, 11) is 0. The first-order valence-corrected chi connectivity index (χ1v) is 4.77. The maximum absolute atomic E-state index is 13.1. The molecule has 4 heteroatoms. The van der Waals surface area contributed by atoms with Crippen molar-refractivity contribution in [2.24, 2.45) is 10.7 Å². The highest BCUT2D eigenvalue weighted by Crippen LogP contribution is 2.10. The molecular weight excluding hydrogens is 193 g/mol. The van der Waals surface area contributed by atoms with Crippen molar-refractivity contribution in [1.82, 2.24) is 0 Å². The van der Waals surface area contributed by atoms with Crippen molar-refractivity contribution < 1.29 is 4.39 Å². The Balaban J connectivity index is 3.05. The lowest BCUT2D eigenvalue weighted by Gasteiger charge is -1.99. The Morgan fingerprint density at radius 3 is 2.93 bits per heavy atom. The molecule has 80 valence electrons. The number of hydrogen-bond donors (Lipinski definition) is 2. The Bertz CT molecular complexity index is 375. The molecule has 3 N–H and O–H groups in total. The first-order chi connectivity index (χ1) is 7.13. The molecule has 15 heavy (non-hydrogen) atoms. The highest BCUT2D eigenvalue weighted by Gasteiger charge is 2.02. The molecule has 0 aliphatic carbocycles. The van der Waals surface area contributed by atoms with Gasteiger partial charge < -0.3 is 5.73 Å². The summed E-state index contributed by atoms with van der Waals surface area (Å²) < 4.78 is 13.1. The molecule has 0 saturated heterocycles. The van der Waals surface area contributed by atoms with Gasteiger partial charge in [0.05, 0.1) is 0 Å². The predicted molar refractivity (Wildman–Crippen MR) is 60.7 cm³/mol. The summed E-state index contributed by atoms with van der Waals surface area (Å²) in [6.45, 7) is 1.93. The van der Waals surface area contributed by atoms with E-state index in [-0.39, 0.29) is 11.7 Å². The van der Waals surface area contributed by atoms with Gasteiger partial charge in [-0.05, 0) is 31.1 Å². The Hall–Kier alpha value is -1.71. The van der Waals surface area contributed by atoms with E-state index in [4.69, 9.17) is 11.1 Å². The van der Waals surface area contributed by atoms with E-state index < -0.39 is 0 Å². The highest BCUT2D eigenvalue weighted by atomic mass is 19.1. The molecule has 1 aliphatic rings. The van der Waals surface area contributed by atoms with Crippen LogP contribution in [0, 0.1) is 5.41 Å². The zero-order valence-corrected chi connectivity index (χ0v) is 8.63. The van der Waals surface area contributed by atoms with E-state index in [0.29, 0.717) is 18.4 Å². The number of halogens is 1. The van der Waals surface area contributed by atoms with Crippen molar-refractivity contribution >= 4 is 11.5 Å². The Morgan fingerprint density at radius 1 is 1.60 bits per heavy atom. The molecule has 0 aromatic carbocycles. The van der Waals surface area contributed by atoms with Crippen molar-refractivity contribution in [2.45, 2.75) is 19.8 Å². The fourth-order valence-corrected chi connectivity index (χ4v) is 1.10. The van der Waals surface area contributed by atoms with E-state index in [2.05, 4.69) is 4.99 Å². The molecule has 0 saturated carbocycles. The van der Waals surface area contributed by atoms with E-state index in [1.54, 1.807) is 6.08 Å². The van der Waals surface area contributed by atoms with Gasteiger partial charge >= 0.3 is 0 Å². The molecule has 0 unspecified atom stereocenters. The molecule has 0 spiro atoms. The topological polar surface area (TPSA) is 62.2 Å². The number of nitrogens with two attached hydrogens (primary N) is 1. The summed E-state index contributed by atoms with van der Waals surface area (Å²) in [6.07, 6.45) is 6.93. The van der Waals surface area contributed by atoms with Crippen LogP contribution in [0.5, 0.6) is 0 Å². The largest absolute Gasteiger partial charge is 0.384 e. The third kappa shape index (κ3) is 3.50. The molecule has 1 heterocycles. The van der Waals surface area contributed by atoms with Gasteiger partial charge in [0.15, 0.2) is 0 Å². The summed E-state index contributed by atoms with van der Waals surface area (Å²) in [5.41, 5.74) is 6.64. The third-order valence-corrected chi connectivity index (χ3v) is 2.05. The Labute approximate surface area is 88.4 Å². The Morgan fingerprint density at radius 2 is 2.33 bits per heavy atom. The first kappa shape index (κ1) is 11.4. The van der Waals surface area contributed by atoms with Gasteiger partial charge in [0.1, 0.15) is 11.7 Å². The molecule has 0 bridgehead atoms. The van der Waals surface area contributed by atoms with Gasteiger partial charge in [-0.3, -0.25) is 10.4 Å². The van der Waals surface area contributed by atoms with Gasteiger partial charge in [0.25, 0.3) is 0 Å². The quantitative estimate of drug-likeness (QED) is 0.530. The summed E-state index contributed by atoms with van der Waals surface area (Å²) in [5, 5.41) is 7.29. The molecule has 1 aliphatic heterocycles. The second-order valence-electron chi connectivity index (χ2n) is 3.17. The highest BCUT2D eigenvalue weighted by molar-refractivity contribution is 5.98. The molecule has 3 nitrogen and oxygen atoms in total. The van der Waals surface area contributed by atoms with Gasteiger partial charge in [0.2, 0.25) is 0 Å². The summed E-state index contributed by atoms with van der Waals surface area (Å²) >= 11 is 0. The number of nitrogens with one attached hydrogen (secondary N) is 1. The number of amidine groups is 1. The van der Waals surface area contributed by atoms with Gasteiger partial charge in [-0.25, -0.2) is 4.39 Å². The SMILES string of the molecule is CCC1=N/C=C(/C(=N)N)CC=C(F)C=C1. The summed E-state index contributed by atoms with van der Waals surface area (Å²) in [5.74, 6) is -0.398.